The van der Waals surface area contributed by atoms with Crippen LogP contribution in [0.2, 0.25) is 0 Å². The third-order valence-electron chi connectivity index (χ3n) is 9.37. The molecular weight excluding hydrogens is 661 g/mol. The Balaban J connectivity index is 1.67. The first-order valence-corrected chi connectivity index (χ1v) is 17.3. The lowest BCUT2D eigenvalue weighted by Crippen LogP contribution is -2.34. The van der Waals surface area contributed by atoms with Gasteiger partial charge in [0, 0.05) is 33.9 Å². The number of alkyl halides is 3. The average molecular weight is 697 g/mol. The lowest BCUT2D eigenvalue weighted by molar-refractivity contribution is -0.141. The molecule has 1 unspecified atom stereocenters. The number of hydrogen-bond acceptors (Lipinski definition) is 6. The number of aromatic nitrogens is 3. The maximum absolute atomic E-state index is 14.1. The Kier molecular flexibility index (Phi) is 8.72. The summed E-state index contributed by atoms with van der Waals surface area (Å²) in [4.78, 5) is 37.8. The van der Waals surface area contributed by atoms with Crippen molar-refractivity contribution >= 4 is 54.6 Å². The van der Waals surface area contributed by atoms with Gasteiger partial charge in [-0.2, -0.15) is 18.3 Å². The van der Waals surface area contributed by atoms with E-state index in [1.54, 1.807) is 30.3 Å². The third-order valence-corrected chi connectivity index (χ3v) is 11.3. The fourth-order valence-corrected chi connectivity index (χ4v) is 7.88. The molecule has 1 atom stereocenters. The number of rotatable bonds is 7. The fraction of sp³-hybridized carbons (Fsp3) is 0.343. The topological polar surface area (TPSA) is 133 Å². The fourth-order valence-electron chi connectivity index (χ4n) is 7.04. The second kappa shape index (κ2) is 12.6. The van der Waals surface area contributed by atoms with Gasteiger partial charge < -0.3 is 14.4 Å². The van der Waals surface area contributed by atoms with Gasteiger partial charge in [0.2, 0.25) is 5.62 Å². The molecule has 2 aromatic heterocycles. The number of nitrogens with one attached hydrogen (secondary N) is 1. The zero-order valence-electron chi connectivity index (χ0n) is 27.3. The number of carbonyl (C=O) groups is 3. The van der Waals surface area contributed by atoms with Crippen LogP contribution in [0.25, 0.3) is 33.8 Å². The average Bonchev–Trinajstić information content (AvgIpc) is 3.53. The van der Waals surface area contributed by atoms with E-state index in [0.717, 1.165) is 59.0 Å². The van der Waals surface area contributed by atoms with Crippen LogP contribution >= 0.6 is 0 Å². The number of ether oxygens (including phenoxy) is 1. The molecule has 2 aliphatic rings. The summed E-state index contributed by atoms with van der Waals surface area (Å²) in [6.07, 6.45) is 1.59. The van der Waals surface area contributed by atoms with Crippen molar-refractivity contribution in [1.82, 2.24) is 19.1 Å². The van der Waals surface area contributed by atoms with Gasteiger partial charge in [-0.15, -0.1) is 0 Å². The predicted octanol–water partition coefficient (Wildman–Crippen LogP) is 6.70. The van der Waals surface area contributed by atoms with Crippen LogP contribution in [0.1, 0.15) is 95.1 Å². The molecule has 3 heterocycles. The smallest absolute Gasteiger partial charge is 0.436 e. The van der Waals surface area contributed by atoms with Crippen LogP contribution in [0.5, 0.6) is 5.75 Å². The maximum atomic E-state index is 14.1. The van der Waals surface area contributed by atoms with Crippen molar-refractivity contribution in [3.05, 3.63) is 70.0 Å². The summed E-state index contributed by atoms with van der Waals surface area (Å²) >= 11 is 0. The normalized spacial score (nSPS) is 16.2. The number of halogens is 3. The van der Waals surface area contributed by atoms with Gasteiger partial charge in [-0.3, -0.25) is 19.0 Å². The SMILES string of the molecule is COc1ccc2c(c1)C=C(c1c(C(=O)O)c(C(F)(F)F)nn1C)Cn1c-2c(C2CCCCC2)c2ccc(C(=O)NS(=O)(C=O)=C(C)C)cc21. The van der Waals surface area contributed by atoms with E-state index in [2.05, 4.69) is 9.82 Å². The van der Waals surface area contributed by atoms with Crippen LogP contribution in [0, 0.1) is 0 Å². The minimum atomic E-state index is -5.02. The van der Waals surface area contributed by atoms with Crippen LogP contribution in [0.15, 0.2) is 36.4 Å². The molecule has 1 amide bonds. The molecule has 0 bridgehead atoms. The summed E-state index contributed by atoms with van der Waals surface area (Å²) in [7, 11) is -0.672. The van der Waals surface area contributed by atoms with Gasteiger partial charge >= 0.3 is 12.1 Å². The summed E-state index contributed by atoms with van der Waals surface area (Å²) < 4.78 is 66.1. The molecule has 1 aliphatic carbocycles. The van der Waals surface area contributed by atoms with Gasteiger partial charge in [-0.05, 0) is 85.7 Å². The first-order chi connectivity index (χ1) is 23.2. The third kappa shape index (κ3) is 5.91. The second-order valence-corrected chi connectivity index (χ2v) is 15.0. The molecule has 2 N–H and O–H groups in total. The Morgan fingerprint density at radius 1 is 1.08 bits per heavy atom. The highest BCUT2D eigenvalue weighted by Gasteiger charge is 2.42. The van der Waals surface area contributed by atoms with Crippen molar-refractivity contribution in [2.75, 3.05) is 7.11 Å². The van der Waals surface area contributed by atoms with Gasteiger partial charge in [0.05, 0.1) is 25.0 Å². The number of allylic oxidation sites excluding steroid dienone is 1. The van der Waals surface area contributed by atoms with Crippen molar-refractivity contribution in [1.29, 1.82) is 0 Å². The molecule has 1 saturated carbocycles. The van der Waals surface area contributed by atoms with E-state index >= 15 is 0 Å². The molecule has 2 aromatic carbocycles. The standard InChI is InChI=1S/C35H35F3N4O6S/c1-19(2)49(47,18-43)40-33(44)21-10-12-26-27(16-21)42-17-23(30-29(34(45)46)32(35(36,37)38)39-41(30)3)14-22-15-24(48-4)11-13-25(22)31(42)28(26)20-8-6-5-7-9-20/h10-16,18,20H,5-9,17H2,1-4H3,(H,45,46)(H,40,44,47). The van der Waals surface area contributed by atoms with Gasteiger partial charge in [0.25, 0.3) is 5.91 Å². The Morgan fingerprint density at radius 2 is 1.80 bits per heavy atom. The number of carboxylic acid groups (broad SMARTS) is 1. The zero-order valence-corrected chi connectivity index (χ0v) is 28.1. The number of carboxylic acids is 1. The molecule has 0 spiro atoms. The molecule has 49 heavy (non-hydrogen) atoms. The largest absolute Gasteiger partial charge is 0.497 e. The van der Waals surface area contributed by atoms with E-state index < -0.39 is 39.0 Å². The number of hydrogen-bond donors (Lipinski definition) is 2. The second-order valence-electron chi connectivity index (χ2n) is 12.6. The number of benzene rings is 2. The molecule has 1 fully saturated rings. The Hall–Kier alpha value is -4.85. The number of amides is 1. The van der Waals surface area contributed by atoms with Crippen molar-refractivity contribution < 1.29 is 41.6 Å². The highest BCUT2D eigenvalue weighted by Crippen LogP contribution is 2.48. The molecule has 0 saturated heterocycles. The van der Waals surface area contributed by atoms with Crippen molar-refractivity contribution in [3.63, 3.8) is 0 Å². The molecular formula is C35H35F3N4O6S. The first-order valence-electron chi connectivity index (χ1n) is 15.7. The number of methoxy groups -OCH3 is 1. The van der Waals surface area contributed by atoms with E-state index in [4.69, 9.17) is 4.74 Å². The number of aryl methyl sites for hydroxylation is 1. The highest BCUT2D eigenvalue weighted by molar-refractivity contribution is 8.12. The molecule has 1 aliphatic heterocycles. The van der Waals surface area contributed by atoms with E-state index in [-0.39, 0.29) is 39.8 Å². The Bertz CT molecular complexity index is 2190. The Labute approximate surface area is 280 Å². The number of fused-ring (bicyclic) bond motifs is 5. The summed E-state index contributed by atoms with van der Waals surface area (Å²) in [5, 5.41) is 14.5. The van der Waals surface area contributed by atoms with Crippen molar-refractivity contribution in [3.8, 4) is 17.0 Å². The molecule has 4 aromatic rings. The summed E-state index contributed by atoms with van der Waals surface area (Å²) in [6, 6.07) is 10.4. The van der Waals surface area contributed by atoms with Crippen molar-refractivity contribution in [2.24, 2.45) is 7.05 Å². The predicted molar refractivity (Wildman–Crippen MR) is 182 cm³/mol. The quantitative estimate of drug-likeness (QED) is 0.162. The van der Waals surface area contributed by atoms with E-state index in [1.165, 1.54) is 28.0 Å². The van der Waals surface area contributed by atoms with Crippen LogP contribution in [0.4, 0.5) is 13.2 Å². The van der Waals surface area contributed by atoms with E-state index in [1.807, 2.05) is 16.7 Å². The lowest BCUT2D eigenvalue weighted by atomic mass is 9.81. The highest BCUT2D eigenvalue weighted by atomic mass is 32.2. The van der Waals surface area contributed by atoms with Gasteiger partial charge in [0.15, 0.2) is 5.69 Å². The van der Waals surface area contributed by atoms with E-state index in [9.17, 15) is 36.9 Å². The molecule has 14 heteroatoms. The number of nitrogens with zero attached hydrogens (tertiary/aromatic N) is 3. The van der Waals surface area contributed by atoms with Gasteiger partial charge in [-0.1, -0.05) is 25.3 Å². The number of aromatic carboxylic acids is 1. The van der Waals surface area contributed by atoms with Crippen molar-refractivity contribution in [2.45, 2.75) is 64.6 Å². The van der Waals surface area contributed by atoms with Crippen LogP contribution in [-0.4, -0.2) is 53.1 Å². The molecule has 0 radical (unpaired) electrons. The summed E-state index contributed by atoms with van der Waals surface area (Å²) in [6.45, 7) is 2.90. The Morgan fingerprint density at radius 3 is 2.41 bits per heavy atom. The minimum absolute atomic E-state index is 0.0648. The molecule has 6 rings (SSSR count). The van der Waals surface area contributed by atoms with Gasteiger partial charge in [0.1, 0.15) is 21.0 Å². The maximum Gasteiger partial charge on any atom is 0.436 e. The van der Waals surface area contributed by atoms with Crippen LogP contribution in [0.3, 0.4) is 0 Å². The van der Waals surface area contributed by atoms with Gasteiger partial charge in [-0.25, -0.2) is 9.00 Å². The zero-order chi connectivity index (χ0) is 35.4. The van der Waals surface area contributed by atoms with Crippen LogP contribution < -0.4 is 9.46 Å². The van der Waals surface area contributed by atoms with Crippen LogP contribution in [-0.2, 0) is 34.3 Å². The monoisotopic (exact) mass is 696 g/mol. The lowest BCUT2D eigenvalue weighted by Gasteiger charge is -2.24. The minimum Gasteiger partial charge on any atom is -0.497 e. The summed E-state index contributed by atoms with van der Waals surface area (Å²) in [5.41, 5.74) is 1.67. The molecule has 258 valence electrons. The number of carbonyl (C=O) groups excluding carboxylic acids is 2. The molecule has 10 nitrogen and oxygen atoms in total. The van der Waals surface area contributed by atoms with E-state index in [0.29, 0.717) is 16.8 Å². The summed E-state index contributed by atoms with van der Waals surface area (Å²) in [5.74, 6) is -1.87. The first kappa shape index (κ1) is 34.0.